The van der Waals surface area contributed by atoms with Gasteiger partial charge in [0.1, 0.15) is 5.41 Å². The highest BCUT2D eigenvalue weighted by atomic mass is 32.2. The Hall–Kier alpha value is -1.03. The standard InChI is InChI=1S/C15H17NO2S3/c1-2-11-5-3-4-6-12(11)21-14(20)15(9-16,10-19)8-7-13(17)18/h3-6,19H,2,7-8,10H2,1H3,(H,17,18). The molecule has 6 heteroatoms. The Morgan fingerprint density at radius 2 is 2.19 bits per heavy atom. The summed E-state index contributed by atoms with van der Waals surface area (Å²) >= 11 is 11.0. The molecule has 1 unspecified atom stereocenters. The third-order valence-electron chi connectivity index (χ3n) is 3.20. The van der Waals surface area contributed by atoms with Gasteiger partial charge < -0.3 is 5.11 Å². The first-order valence-electron chi connectivity index (χ1n) is 6.53. The molecule has 1 aromatic rings. The first kappa shape index (κ1) is 18.0. The fourth-order valence-corrected chi connectivity index (χ4v) is 3.99. The number of aliphatic carboxylic acids is 1. The first-order valence-corrected chi connectivity index (χ1v) is 8.39. The topological polar surface area (TPSA) is 61.1 Å². The summed E-state index contributed by atoms with van der Waals surface area (Å²) in [5.74, 6) is -0.713. The molecule has 0 aliphatic rings. The van der Waals surface area contributed by atoms with Gasteiger partial charge in [-0.3, -0.25) is 4.79 Å². The largest absolute Gasteiger partial charge is 0.481 e. The highest BCUT2D eigenvalue weighted by molar-refractivity contribution is 8.23. The van der Waals surface area contributed by atoms with Crippen LogP contribution >= 0.6 is 36.6 Å². The van der Waals surface area contributed by atoms with Crippen molar-refractivity contribution in [1.82, 2.24) is 0 Å². The zero-order valence-electron chi connectivity index (χ0n) is 11.7. The lowest BCUT2D eigenvalue weighted by Gasteiger charge is -2.25. The van der Waals surface area contributed by atoms with E-state index >= 15 is 0 Å². The Bertz CT molecular complexity index is 568. The molecule has 112 valence electrons. The van der Waals surface area contributed by atoms with Gasteiger partial charge in [0.15, 0.2) is 0 Å². The summed E-state index contributed by atoms with van der Waals surface area (Å²) in [5.41, 5.74) is 0.164. The molecule has 21 heavy (non-hydrogen) atoms. The fourth-order valence-electron chi connectivity index (χ4n) is 1.80. The lowest BCUT2D eigenvalue weighted by Crippen LogP contribution is -2.29. The number of thioether (sulfide) groups is 1. The Morgan fingerprint density at radius 3 is 2.71 bits per heavy atom. The van der Waals surface area contributed by atoms with Crippen LogP contribution in [0.3, 0.4) is 0 Å². The number of thiocarbonyl (C=S) groups is 1. The number of carboxylic acid groups (broad SMARTS) is 1. The Labute approximate surface area is 140 Å². The number of aryl methyl sites for hydroxylation is 1. The van der Waals surface area contributed by atoms with E-state index < -0.39 is 11.4 Å². The molecule has 0 amide bonds. The van der Waals surface area contributed by atoms with Crippen LogP contribution in [0.4, 0.5) is 0 Å². The van der Waals surface area contributed by atoms with E-state index in [1.807, 2.05) is 24.3 Å². The van der Waals surface area contributed by atoms with Crippen LogP contribution in [-0.2, 0) is 11.2 Å². The number of carboxylic acids is 1. The molecule has 0 radical (unpaired) electrons. The van der Waals surface area contributed by atoms with Crippen molar-refractivity contribution in [3.8, 4) is 6.07 Å². The second kappa shape index (κ2) is 8.42. The van der Waals surface area contributed by atoms with E-state index in [1.54, 1.807) is 0 Å². The lowest BCUT2D eigenvalue weighted by atomic mass is 9.89. The van der Waals surface area contributed by atoms with Gasteiger partial charge in [0.2, 0.25) is 0 Å². The SMILES string of the molecule is CCc1ccccc1SC(=S)C(C#N)(CS)CCC(=O)O. The molecule has 3 nitrogen and oxygen atoms in total. The average molecular weight is 340 g/mol. The van der Waals surface area contributed by atoms with Crippen molar-refractivity contribution >= 4 is 46.8 Å². The van der Waals surface area contributed by atoms with Crippen molar-refractivity contribution in [3.05, 3.63) is 29.8 Å². The predicted octanol–water partition coefficient (Wildman–Crippen LogP) is 3.97. The smallest absolute Gasteiger partial charge is 0.303 e. The molecular formula is C15H17NO2S3. The zero-order chi connectivity index (χ0) is 15.9. The number of nitriles is 1. The lowest BCUT2D eigenvalue weighted by molar-refractivity contribution is -0.137. The van der Waals surface area contributed by atoms with Gasteiger partial charge in [0.05, 0.1) is 10.3 Å². The van der Waals surface area contributed by atoms with Crippen molar-refractivity contribution in [2.45, 2.75) is 31.1 Å². The van der Waals surface area contributed by atoms with Crippen molar-refractivity contribution in [2.75, 3.05) is 5.75 Å². The molecule has 0 spiro atoms. The van der Waals surface area contributed by atoms with Crippen LogP contribution in [-0.4, -0.2) is 21.0 Å². The minimum atomic E-state index is -0.998. The number of nitrogens with zero attached hydrogens (tertiary/aromatic N) is 1. The third kappa shape index (κ3) is 4.73. The predicted molar refractivity (Wildman–Crippen MR) is 93.0 cm³/mol. The van der Waals surface area contributed by atoms with Gasteiger partial charge in [0.25, 0.3) is 0 Å². The van der Waals surface area contributed by atoms with Crippen LogP contribution in [0.25, 0.3) is 0 Å². The van der Waals surface area contributed by atoms with Gasteiger partial charge in [-0.15, -0.1) is 0 Å². The summed E-state index contributed by atoms with van der Waals surface area (Å²) in [6, 6.07) is 10.1. The normalized spacial score (nSPS) is 13.2. The number of hydrogen-bond acceptors (Lipinski definition) is 5. The summed E-state index contributed by atoms with van der Waals surface area (Å²) in [5, 5.41) is 18.3. The number of benzene rings is 1. The molecule has 1 atom stereocenters. The number of hydrogen-bond donors (Lipinski definition) is 2. The van der Waals surface area contributed by atoms with E-state index in [4.69, 9.17) is 17.3 Å². The van der Waals surface area contributed by atoms with Crippen LogP contribution in [0, 0.1) is 16.7 Å². The van der Waals surface area contributed by atoms with Crippen LogP contribution in [0.1, 0.15) is 25.3 Å². The van der Waals surface area contributed by atoms with Crippen molar-refractivity contribution in [3.63, 3.8) is 0 Å². The maximum atomic E-state index is 10.8. The first-order chi connectivity index (χ1) is 9.99. The minimum absolute atomic E-state index is 0.0930. The zero-order valence-corrected chi connectivity index (χ0v) is 14.2. The number of thiol groups is 1. The minimum Gasteiger partial charge on any atom is -0.481 e. The molecule has 0 saturated heterocycles. The highest BCUT2D eigenvalue weighted by Crippen LogP contribution is 2.37. The summed E-state index contributed by atoms with van der Waals surface area (Å²) < 4.78 is 0.488. The average Bonchev–Trinajstić information content (AvgIpc) is 2.49. The molecule has 0 aliphatic heterocycles. The molecule has 1 rings (SSSR count). The van der Waals surface area contributed by atoms with Crippen LogP contribution < -0.4 is 0 Å². The van der Waals surface area contributed by atoms with Crippen LogP contribution in [0.15, 0.2) is 29.2 Å². The molecule has 0 fully saturated rings. The van der Waals surface area contributed by atoms with Crippen molar-refractivity contribution in [2.24, 2.45) is 5.41 Å². The molecule has 0 aliphatic carbocycles. The van der Waals surface area contributed by atoms with Gasteiger partial charge in [-0.1, -0.05) is 49.1 Å². The molecule has 1 N–H and O–H groups in total. The fraction of sp³-hybridized carbons (Fsp3) is 0.400. The Kier molecular flexibility index (Phi) is 7.23. The van der Waals surface area contributed by atoms with E-state index in [0.717, 1.165) is 16.9 Å². The summed E-state index contributed by atoms with van der Waals surface area (Å²) in [6.45, 7) is 2.06. The second-order valence-electron chi connectivity index (χ2n) is 4.60. The Morgan fingerprint density at radius 1 is 1.52 bits per heavy atom. The number of carbonyl (C=O) groups is 1. The monoisotopic (exact) mass is 339 g/mol. The van der Waals surface area contributed by atoms with Gasteiger partial charge in [-0.25, -0.2) is 0 Å². The number of rotatable bonds is 7. The molecule has 0 heterocycles. The van der Waals surface area contributed by atoms with Gasteiger partial charge in [0, 0.05) is 17.1 Å². The quantitative estimate of drug-likeness (QED) is 0.447. The summed E-state index contributed by atoms with van der Waals surface area (Å²) in [4.78, 5) is 11.8. The maximum absolute atomic E-state index is 10.8. The van der Waals surface area contributed by atoms with E-state index in [-0.39, 0.29) is 18.6 Å². The van der Waals surface area contributed by atoms with Crippen molar-refractivity contribution < 1.29 is 9.90 Å². The molecule has 0 bridgehead atoms. The van der Waals surface area contributed by atoms with E-state index in [1.165, 1.54) is 11.8 Å². The molecule has 1 aromatic carbocycles. The Balaban J connectivity index is 2.97. The molecule has 0 aromatic heterocycles. The maximum Gasteiger partial charge on any atom is 0.303 e. The van der Waals surface area contributed by atoms with E-state index in [2.05, 4.69) is 25.6 Å². The van der Waals surface area contributed by atoms with Crippen LogP contribution in [0.5, 0.6) is 0 Å². The van der Waals surface area contributed by atoms with Gasteiger partial charge in [-0.2, -0.15) is 17.9 Å². The van der Waals surface area contributed by atoms with E-state index in [9.17, 15) is 10.1 Å². The van der Waals surface area contributed by atoms with Gasteiger partial charge in [-0.05, 0) is 24.5 Å². The highest BCUT2D eigenvalue weighted by Gasteiger charge is 2.35. The third-order valence-corrected chi connectivity index (χ3v) is 5.57. The second-order valence-corrected chi connectivity index (χ2v) is 6.63. The molecule has 0 saturated carbocycles. The summed E-state index contributed by atoms with van der Waals surface area (Å²) in [6.07, 6.45) is 0.966. The van der Waals surface area contributed by atoms with E-state index in [0.29, 0.717) is 4.20 Å². The molecular weight excluding hydrogens is 322 g/mol. The van der Waals surface area contributed by atoms with Crippen LogP contribution in [0.2, 0.25) is 0 Å². The van der Waals surface area contributed by atoms with Gasteiger partial charge >= 0.3 is 5.97 Å². The summed E-state index contributed by atoms with van der Waals surface area (Å²) in [7, 11) is 0. The van der Waals surface area contributed by atoms with Crippen molar-refractivity contribution in [1.29, 1.82) is 5.26 Å².